The van der Waals surface area contributed by atoms with Crippen LogP contribution in [0.15, 0.2) is 30.6 Å². The summed E-state index contributed by atoms with van der Waals surface area (Å²) in [7, 11) is 0. The Kier molecular flexibility index (Phi) is 3.95. The summed E-state index contributed by atoms with van der Waals surface area (Å²) < 4.78 is 1.81. The van der Waals surface area contributed by atoms with Crippen LogP contribution in [-0.4, -0.2) is 38.6 Å². The normalized spacial score (nSPS) is 21.5. The van der Waals surface area contributed by atoms with Gasteiger partial charge in [-0.2, -0.15) is 0 Å². The van der Waals surface area contributed by atoms with Crippen LogP contribution in [0.1, 0.15) is 36.2 Å². The van der Waals surface area contributed by atoms with Crippen molar-refractivity contribution >= 4 is 17.6 Å². The Morgan fingerprint density at radius 3 is 2.45 bits per heavy atom. The first-order valence-corrected chi connectivity index (χ1v) is 7.36. The van der Waals surface area contributed by atoms with Gasteiger partial charge in [0.15, 0.2) is 0 Å². The first-order valence-electron chi connectivity index (χ1n) is 7.36. The van der Waals surface area contributed by atoms with Gasteiger partial charge in [-0.15, -0.1) is 0 Å². The molecule has 0 radical (unpaired) electrons. The van der Waals surface area contributed by atoms with E-state index in [0.717, 1.165) is 31.3 Å². The van der Waals surface area contributed by atoms with Gasteiger partial charge in [0.2, 0.25) is 0 Å². The van der Waals surface area contributed by atoms with E-state index in [9.17, 15) is 9.59 Å². The minimum Gasteiger partial charge on any atom is -0.465 e. The maximum atomic E-state index is 12.2. The molecule has 116 valence electrons. The second kappa shape index (κ2) is 6.05. The molecule has 3 N–H and O–H groups in total. The third-order valence-electron chi connectivity index (χ3n) is 3.99. The SMILES string of the molecule is O=C(O)NC1CCC(NC(=O)c2cn3ccccc3n2)CC1. The van der Waals surface area contributed by atoms with Crippen LogP contribution in [-0.2, 0) is 0 Å². The fourth-order valence-electron chi connectivity index (χ4n) is 2.86. The number of carboxylic acid groups (broad SMARTS) is 1. The topological polar surface area (TPSA) is 95.7 Å². The summed E-state index contributed by atoms with van der Waals surface area (Å²) in [6, 6.07) is 5.66. The molecule has 1 aliphatic rings. The summed E-state index contributed by atoms with van der Waals surface area (Å²) in [5.74, 6) is -0.182. The van der Waals surface area contributed by atoms with Gasteiger partial charge in [-0.3, -0.25) is 4.79 Å². The molecule has 0 unspecified atom stereocenters. The predicted molar refractivity (Wildman–Crippen MR) is 79.9 cm³/mol. The van der Waals surface area contributed by atoms with E-state index < -0.39 is 6.09 Å². The fraction of sp³-hybridized carbons (Fsp3) is 0.400. The van der Waals surface area contributed by atoms with Crippen LogP contribution >= 0.6 is 0 Å². The van der Waals surface area contributed by atoms with E-state index in [2.05, 4.69) is 15.6 Å². The van der Waals surface area contributed by atoms with Crippen LogP contribution < -0.4 is 10.6 Å². The van der Waals surface area contributed by atoms with Gasteiger partial charge in [0.05, 0.1) is 0 Å². The molecule has 0 atom stereocenters. The van der Waals surface area contributed by atoms with Gasteiger partial charge in [-0.1, -0.05) is 6.07 Å². The molecular weight excluding hydrogens is 284 g/mol. The summed E-state index contributed by atoms with van der Waals surface area (Å²) in [6.45, 7) is 0. The van der Waals surface area contributed by atoms with E-state index in [1.165, 1.54) is 0 Å². The summed E-state index contributed by atoms with van der Waals surface area (Å²) in [6.07, 6.45) is 5.58. The van der Waals surface area contributed by atoms with E-state index >= 15 is 0 Å². The molecule has 22 heavy (non-hydrogen) atoms. The number of amides is 2. The zero-order chi connectivity index (χ0) is 15.5. The highest BCUT2D eigenvalue weighted by atomic mass is 16.4. The lowest BCUT2D eigenvalue weighted by atomic mass is 9.91. The minimum atomic E-state index is -0.989. The standard InChI is InChI=1S/C15H18N4O3/c20-14(12-9-19-8-2-1-3-13(19)18-12)16-10-4-6-11(7-5-10)17-15(21)22/h1-3,8-11,17H,4-7H2,(H,16,20)(H,21,22). The summed E-state index contributed by atoms with van der Waals surface area (Å²) in [5, 5.41) is 14.2. The average molecular weight is 302 g/mol. The molecule has 0 saturated heterocycles. The second-order valence-corrected chi connectivity index (χ2v) is 5.56. The van der Waals surface area contributed by atoms with Crippen LogP contribution in [0.4, 0.5) is 4.79 Å². The molecule has 0 aromatic carbocycles. The number of imidazole rings is 1. The van der Waals surface area contributed by atoms with Gasteiger partial charge in [0.1, 0.15) is 11.3 Å². The first kappa shape index (κ1) is 14.4. The number of pyridine rings is 1. The Morgan fingerprint density at radius 2 is 1.82 bits per heavy atom. The van der Waals surface area contributed by atoms with E-state index in [1.807, 2.05) is 28.8 Å². The number of aromatic nitrogens is 2. The zero-order valence-electron chi connectivity index (χ0n) is 12.0. The number of carbonyl (C=O) groups is 2. The second-order valence-electron chi connectivity index (χ2n) is 5.56. The summed E-state index contributed by atoms with van der Waals surface area (Å²) in [4.78, 5) is 27.1. The van der Waals surface area contributed by atoms with E-state index in [4.69, 9.17) is 5.11 Å². The Hall–Kier alpha value is -2.57. The van der Waals surface area contributed by atoms with Crippen molar-refractivity contribution in [2.75, 3.05) is 0 Å². The van der Waals surface area contributed by atoms with Gasteiger partial charge >= 0.3 is 6.09 Å². The number of carbonyl (C=O) groups excluding carboxylic acids is 1. The highest BCUT2D eigenvalue weighted by Crippen LogP contribution is 2.19. The van der Waals surface area contributed by atoms with Gasteiger partial charge < -0.3 is 20.1 Å². The van der Waals surface area contributed by atoms with Crippen molar-refractivity contribution in [2.24, 2.45) is 0 Å². The number of nitrogens with zero attached hydrogens (tertiary/aromatic N) is 2. The Morgan fingerprint density at radius 1 is 1.14 bits per heavy atom. The lowest BCUT2D eigenvalue weighted by molar-refractivity contribution is 0.0918. The minimum absolute atomic E-state index is 0.0131. The van der Waals surface area contributed by atoms with Gasteiger partial charge in [0, 0.05) is 24.5 Å². The number of hydrogen-bond acceptors (Lipinski definition) is 3. The molecular formula is C15H18N4O3. The molecule has 2 aromatic rings. The summed E-state index contributed by atoms with van der Waals surface area (Å²) in [5.41, 5.74) is 1.14. The molecule has 7 heteroatoms. The molecule has 3 rings (SSSR count). The van der Waals surface area contributed by atoms with Crippen molar-refractivity contribution in [3.8, 4) is 0 Å². The third-order valence-corrected chi connectivity index (χ3v) is 3.99. The average Bonchev–Trinajstić information content (AvgIpc) is 2.93. The van der Waals surface area contributed by atoms with E-state index in [-0.39, 0.29) is 18.0 Å². The van der Waals surface area contributed by atoms with Gasteiger partial charge in [-0.25, -0.2) is 9.78 Å². The number of rotatable bonds is 3. The number of hydrogen-bond donors (Lipinski definition) is 3. The lowest BCUT2D eigenvalue weighted by Crippen LogP contribution is -2.43. The fourth-order valence-corrected chi connectivity index (χ4v) is 2.86. The Labute approximate surface area is 127 Å². The van der Waals surface area contributed by atoms with Crippen LogP contribution in [0.3, 0.4) is 0 Å². The van der Waals surface area contributed by atoms with E-state index in [1.54, 1.807) is 6.20 Å². The van der Waals surface area contributed by atoms with Crippen molar-refractivity contribution in [1.82, 2.24) is 20.0 Å². The molecule has 1 fully saturated rings. The molecule has 0 aliphatic heterocycles. The summed E-state index contributed by atoms with van der Waals surface area (Å²) >= 11 is 0. The lowest BCUT2D eigenvalue weighted by Gasteiger charge is -2.28. The molecule has 2 heterocycles. The maximum Gasteiger partial charge on any atom is 0.404 e. The molecule has 2 amide bonds. The molecule has 0 bridgehead atoms. The van der Waals surface area contributed by atoms with Crippen LogP contribution in [0.2, 0.25) is 0 Å². The van der Waals surface area contributed by atoms with Crippen LogP contribution in [0.25, 0.3) is 5.65 Å². The zero-order valence-corrected chi connectivity index (χ0v) is 12.0. The van der Waals surface area contributed by atoms with Gasteiger partial charge in [-0.05, 0) is 37.8 Å². The molecule has 2 aromatic heterocycles. The van der Waals surface area contributed by atoms with E-state index in [0.29, 0.717) is 5.69 Å². The quantitative estimate of drug-likeness (QED) is 0.803. The smallest absolute Gasteiger partial charge is 0.404 e. The monoisotopic (exact) mass is 302 g/mol. The number of nitrogens with one attached hydrogen (secondary N) is 2. The highest BCUT2D eigenvalue weighted by Gasteiger charge is 2.24. The van der Waals surface area contributed by atoms with Crippen LogP contribution in [0, 0.1) is 0 Å². The van der Waals surface area contributed by atoms with Crippen molar-refractivity contribution in [1.29, 1.82) is 0 Å². The third kappa shape index (κ3) is 3.19. The van der Waals surface area contributed by atoms with Crippen molar-refractivity contribution < 1.29 is 14.7 Å². The first-order chi connectivity index (χ1) is 10.6. The Balaban J connectivity index is 1.57. The molecule has 0 spiro atoms. The number of fused-ring (bicyclic) bond motifs is 1. The van der Waals surface area contributed by atoms with Crippen LogP contribution in [0.5, 0.6) is 0 Å². The largest absolute Gasteiger partial charge is 0.465 e. The Bertz CT molecular complexity index is 656. The maximum absolute atomic E-state index is 12.2. The highest BCUT2D eigenvalue weighted by molar-refractivity contribution is 5.93. The van der Waals surface area contributed by atoms with Crippen molar-refractivity contribution in [3.63, 3.8) is 0 Å². The van der Waals surface area contributed by atoms with Gasteiger partial charge in [0.25, 0.3) is 5.91 Å². The predicted octanol–water partition coefficient (Wildman–Crippen LogP) is 1.64. The van der Waals surface area contributed by atoms with Crippen molar-refractivity contribution in [2.45, 2.75) is 37.8 Å². The molecule has 7 nitrogen and oxygen atoms in total. The molecule has 1 aliphatic carbocycles. The molecule has 1 saturated carbocycles. The van der Waals surface area contributed by atoms with Crippen molar-refractivity contribution in [3.05, 3.63) is 36.3 Å².